The van der Waals surface area contributed by atoms with Gasteiger partial charge in [0.1, 0.15) is 36.8 Å². The molecule has 316 valence electrons. The van der Waals surface area contributed by atoms with Crippen molar-refractivity contribution in [1.82, 2.24) is 40.0 Å². The zero-order chi connectivity index (χ0) is 43.1. The Labute approximate surface area is 340 Å². The maximum absolute atomic E-state index is 12.3. The summed E-state index contributed by atoms with van der Waals surface area (Å²) in [7, 11) is 0. The molecule has 2 aromatic rings. The van der Waals surface area contributed by atoms with E-state index in [0.717, 1.165) is 0 Å². The summed E-state index contributed by atoms with van der Waals surface area (Å²) in [5.41, 5.74) is 0. The second kappa shape index (κ2) is 33.5. The Hall–Kier alpha value is -5.86. The van der Waals surface area contributed by atoms with E-state index in [1.807, 2.05) is 4.90 Å². The van der Waals surface area contributed by atoms with Gasteiger partial charge in [0, 0.05) is 64.6 Å². The summed E-state index contributed by atoms with van der Waals surface area (Å²) in [6.45, 7) is 14.4. The molecule has 0 fully saturated rings. The number of aromatic nitrogens is 4. The minimum atomic E-state index is -1.50. The van der Waals surface area contributed by atoms with Crippen LogP contribution in [0.2, 0.25) is 0 Å². The third kappa shape index (κ3) is 25.8. The van der Waals surface area contributed by atoms with Crippen LogP contribution in [0.3, 0.4) is 0 Å². The van der Waals surface area contributed by atoms with Gasteiger partial charge in [0.2, 0.25) is 5.91 Å². The van der Waals surface area contributed by atoms with E-state index in [4.69, 9.17) is 24.6 Å². The molecule has 0 unspecified atom stereocenters. The number of nitrogens with one attached hydrogen (secondary N) is 3. The van der Waals surface area contributed by atoms with Crippen LogP contribution in [0.1, 0.15) is 69.4 Å². The number of carbonyl (C=O) groups excluding carboxylic acids is 5. The van der Waals surface area contributed by atoms with Crippen LogP contribution in [0.25, 0.3) is 0 Å². The van der Waals surface area contributed by atoms with Gasteiger partial charge in [0.15, 0.2) is 0 Å². The van der Waals surface area contributed by atoms with Crippen molar-refractivity contribution < 1.29 is 93.9 Å². The van der Waals surface area contributed by atoms with Crippen LogP contribution in [-0.2, 0) is 89.8 Å². The Morgan fingerprint density at radius 2 is 1.11 bits per heavy atom. The number of hydrogen-bond acceptors (Lipinski definition) is 13. The number of urea groups is 1. The summed E-state index contributed by atoms with van der Waals surface area (Å²) in [5, 5.41) is 52.7. The maximum Gasteiger partial charge on any atom is 0.326 e. The first-order chi connectivity index (χ1) is 26.7. The van der Waals surface area contributed by atoms with Crippen molar-refractivity contribution in [2.75, 3.05) is 13.1 Å². The SMILES string of the molecule is O=C(O)CC[C@H](NC(=O)N[C@@H](CCCCNC(=O)CCCCCN(Cc1nccn1CC(=O)O)Cc1nccn1CC(=O)O)C(=O)O)C(=O)O.[C-]=O.[C-]=O.[C-]=O.[Re]. The first kappa shape index (κ1) is 55.5. The molecule has 4 radical (unpaired) electrons. The van der Waals surface area contributed by atoms with Gasteiger partial charge >= 0.3 is 35.9 Å². The van der Waals surface area contributed by atoms with Gasteiger partial charge in [-0.3, -0.25) is 24.1 Å². The average molecular weight is 979 g/mol. The largest absolute Gasteiger partial charge is 0.573 e. The maximum atomic E-state index is 12.3. The molecule has 0 saturated carbocycles. The second-order valence-electron chi connectivity index (χ2n) is 11.4. The Kier molecular flexibility index (Phi) is 32.6. The molecule has 2 rings (SSSR count). The van der Waals surface area contributed by atoms with Gasteiger partial charge in [-0.2, -0.15) is 0 Å². The molecule has 0 aliphatic heterocycles. The Bertz CT molecular complexity index is 1460. The number of aliphatic carboxylic acids is 5. The van der Waals surface area contributed by atoms with E-state index in [2.05, 4.69) is 46.3 Å². The van der Waals surface area contributed by atoms with Gasteiger partial charge in [0.05, 0.1) is 13.1 Å². The monoisotopic (exact) mass is 979 g/mol. The summed E-state index contributed by atoms with van der Waals surface area (Å²) in [5.74, 6) is -5.21. The number of nitrogens with zero attached hydrogens (tertiary/aromatic N) is 5. The third-order valence-electron chi connectivity index (χ3n) is 7.42. The van der Waals surface area contributed by atoms with Gasteiger partial charge in [-0.15, -0.1) is 0 Å². The van der Waals surface area contributed by atoms with Crippen LogP contribution in [0, 0.1) is 0 Å². The zero-order valence-corrected chi connectivity index (χ0v) is 33.2. The molecule has 3 amide bonds. The standard InChI is InChI=1S/C30H44N8O12.3CO.Re/c39-24(33-10-4-3-6-20(28(46)47)34-30(50)35-21(29(48)49)8-9-25(40)41)7-2-1-5-13-36(16-22-31-11-14-37(22)18-26(42)43)17-23-32-12-15-38(23)19-27(44)45;3*1-2;/h11-12,14-15,20-21H,1-10,13,16-19H2,(H,33,39)(H,40,41)(H,42,43)(H,44,45)(H,46,47)(H,48,49)(H2,34,35,50);;;;/q;3*-1;/t20-,21-;;;;/m0..../s1. The number of hydrogen-bond donors (Lipinski definition) is 8. The minimum Gasteiger partial charge on any atom is -0.573 e. The normalized spacial score (nSPS) is 10.9. The first-order valence-electron chi connectivity index (χ1n) is 16.5. The van der Waals surface area contributed by atoms with E-state index < -0.39 is 54.4 Å². The molecular weight excluding hydrogens is 935 g/mol. The molecule has 0 aromatic carbocycles. The van der Waals surface area contributed by atoms with E-state index in [9.17, 15) is 48.9 Å². The fourth-order valence-corrected chi connectivity index (χ4v) is 4.90. The van der Waals surface area contributed by atoms with E-state index in [1.165, 1.54) is 21.5 Å². The molecule has 0 saturated heterocycles. The fourth-order valence-electron chi connectivity index (χ4n) is 4.90. The van der Waals surface area contributed by atoms with Crippen molar-refractivity contribution >= 4 is 62.2 Å². The summed E-state index contributed by atoms with van der Waals surface area (Å²) in [4.78, 5) is 113. The quantitative estimate of drug-likeness (QED) is 0.0413. The molecule has 2 aromatic heterocycles. The molecule has 2 atom stereocenters. The smallest absolute Gasteiger partial charge is 0.326 e. The van der Waals surface area contributed by atoms with Crippen molar-refractivity contribution in [2.24, 2.45) is 0 Å². The number of amides is 3. The summed E-state index contributed by atoms with van der Waals surface area (Å²) in [6, 6.07) is -3.88. The van der Waals surface area contributed by atoms with Crippen LogP contribution in [0.5, 0.6) is 0 Å². The van der Waals surface area contributed by atoms with Crippen molar-refractivity contribution in [1.29, 1.82) is 0 Å². The topological polar surface area (TPSA) is 347 Å². The van der Waals surface area contributed by atoms with Crippen molar-refractivity contribution in [3.05, 3.63) is 36.4 Å². The summed E-state index contributed by atoms with van der Waals surface area (Å²) in [6.07, 6.45) is 8.21. The number of carbonyl (C=O) groups is 7. The average Bonchev–Trinajstić information content (AvgIpc) is 3.78. The molecule has 24 heteroatoms. The first-order valence-corrected chi connectivity index (χ1v) is 16.5. The van der Waals surface area contributed by atoms with Gasteiger partial charge in [-0.25, -0.2) is 24.4 Å². The molecule has 0 spiro atoms. The summed E-state index contributed by atoms with van der Waals surface area (Å²) < 4.78 is 3.03. The molecule has 0 aliphatic rings. The molecule has 0 bridgehead atoms. The second-order valence-corrected chi connectivity index (χ2v) is 11.4. The van der Waals surface area contributed by atoms with Crippen LogP contribution >= 0.6 is 0 Å². The van der Waals surface area contributed by atoms with Gasteiger partial charge in [0.25, 0.3) is 0 Å². The molecule has 2 heterocycles. The number of rotatable bonds is 26. The Morgan fingerprint density at radius 1 is 0.632 bits per heavy atom. The van der Waals surface area contributed by atoms with Gasteiger partial charge in [-0.1, -0.05) is 6.42 Å². The Morgan fingerprint density at radius 3 is 1.54 bits per heavy atom. The summed E-state index contributed by atoms with van der Waals surface area (Å²) >= 11 is 0. The zero-order valence-electron chi connectivity index (χ0n) is 30.5. The number of unbranched alkanes of at least 4 members (excludes halogenated alkanes) is 3. The molecular formula is C33H44N8O15Re-3. The van der Waals surface area contributed by atoms with E-state index in [0.29, 0.717) is 63.4 Å². The number of imidazole rings is 2. The van der Waals surface area contributed by atoms with Gasteiger partial charge in [-0.05, 0) is 45.1 Å². The van der Waals surface area contributed by atoms with E-state index in [1.54, 1.807) is 12.4 Å². The van der Waals surface area contributed by atoms with Crippen LogP contribution in [0.15, 0.2) is 24.8 Å². The molecule has 23 nitrogen and oxygen atoms in total. The van der Waals surface area contributed by atoms with Crippen LogP contribution in [0.4, 0.5) is 4.79 Å². The molecule has 57 heavy (non-hydrogen) atoms. The molecule has 8 N–H and O–H groups in total. The molecule has 0 aliphatic carbocycles. The number of carboxylic acid groups (broad SMARTS) is 5. The van der Waals surface area contributed by atoms with Gasteiger partial charge < -0.3 is 85.4 Å². The van der Waals surface area contributed by atoms with Crippen LogP contribution in [-0.4, -0.2) is 137 Å². The predicted molar refractivity (Wildman–Crippen MR) is 188 cm³/mol. The van der Waals surface area contributed by atoms with Crippen molar-refractivity contribution in [3.63, 3.8) is 0 Å². The van der Waals surface area contributed by atoms with E-state index >= 15 is 0 Å². The van der Waals surface area contributed by atoms with E-state index in [-0.39, 0.29) is 65.2 Å². The Balaban J connectivity index is -0.00000396. The van der Waals surface area contributed by atoms with Crippen LogP contribution < -0.4 is 16.0 Å². The van der Waals surface area contributed by atoms with Crippen molar-refractivity contribution in [3.8, 4) is 0 Å². The fraction of sp³-hybridized carbons (Fsp3) is 0.515. The minimum absolute atomic E-state index is 0. The number of carboxylic acids is 5. The third-order valence-corrected chi connectivity index (χ3v) is 7.42. The predicted octanol–water partition coefficient (Wildman–Crippen LogP) is -1.03. The van der Waals surface area contributed by atoms with Crippen molar-refractivity contribution in [2.45, 2.75) is 96.1 Å².